The van der Waals surface area contributed by atoms with E-state index in [1.807, 2.05) is 12.4 Å². The molecular formula is C14H20N2O. The molecule has 0 aliphatic heterocycles. The van der Waals surface area contributed by atoms with Crippen molar-refractivity contribution < 1.29 is 5.11 Å². The fourth-order valence-electron chi connectivity index (χ4n) is 4.84. The fraction of sp³-hybridized carbons (Fsp3) is 0.786. The van der Waals surface area contributed by atoms with E-state index in [0.717, 1.165) is 36.0 Å². The lowest BCUT2D eigenvalue weighted by atomic mass is 9.98. The van der Waals surface area contributed by atoms with Gasteiger partial charge < -0.3 is 9.67 Å². The molecule has 17 heavy (non-hydrogen) atoms. The van der Waals surface area contributed by atoms with Gasteiger partial charge in [0.1, 0.15) is 11.9 Å². The maximum absolute atomic E-state index is 10.5. The Balaban J connectivity index is 1.58. The van der Waals surface area contributed by atoms with Crippen LogP contribution in [-0.4, -0.2) is 14.7 Å². The number of hydrogen-bond donors (Lipinski definition) is 1. The van der Waals surface area contributed by atoms with E-state index >= 15 is 0 Å². The van der Waals surface area contributed by atoms with Crippen molar-refractivity contribution in [2.75, 3.05) is 0 Å². The summed E-state index contributed by atoms with van der Waals surface area (Å²) >= 11 is 0. The number of hydrogen-bond acceptors (Lipinski definition) is 2. The molecule has 5 atom stereocenters. The average molecular weight is 232 g/mol. The van der Waals surface area contributed by atoms with Crippen LogP contribution in [0.4, 0.5) is 0 Å². The van der Waals surface area contributed by atoms with Gasteiger partial charge in [-0.25, -0.2) is 4.98 Å². The lowest BCUT2D eigenvalue weighted by Crippen LogP contribution is -2.13. The number of nitrogens with zero attached hydrogens (tertiary/aromatic N) is 2. The molecule has 92 valence electrons. The fourth-order valence-corrected chi connectivity index (χ4v) is 4.84. The Morgan fingerprint density at radius 1 is 1.41 bits per heavy atom. The Labute approximate surface area is 102 Å². The smallest absolute Gasteiger partial charge is 0.137 e. The first kappa shape index (κ1) is 10.1. The molecule has 3 nitrogen and oxygen atoms in total. The van der Waals surface area contributed by atoms with Gasteiger partial charge in [0.25, 0.3) is 0 Å². The third-order valence-electron chi connectivity index (χ3n) is 5.51. The number of fused-ring (bicyclic) bond motifs is 5. The highest BCUT2D eigenvalue weighted by molar-refractivity contribution is 5.17. The van der Waals surface area contributed by atoms with Crippen LogP contribution in [0.5, 0.6) is 0 Å². The Morgan fingerprint density at radius 3 is 2.76 bits per heavy atom. The molecule has 0 amide bonds. The van der Waals surface area contributed by atoms with Crippen LogP contribution in [0.3, 0.4) is 0 Å². The third-order valence-corrected chi connectivity index (χ3v) is 5.51. The highest BCUT2D eigenvalue weighted by atomic mass is 16.3. The molecule has 1 heterocycles. The predicted octanol–water partition coefficient (Wildman–Crippen LogP) is 2.23. The van der Waals surface area contributed by atoms with Gasteiger partial charge in [-0.3, -0.25) is 0 Å². The van der Waals surface area contributed by atoms with Gasteiger partial charge in [-0.05, 0) is 55.8 Å². The molecule has 0 aromatic carbocycles. The first-order valence-electron chi connectivity index (χ1n) is 7.00. The highest BCUT2D eigenvalue weighted by Crippen LogP contribution is 2.72. The second kappa shape index (κ2) is 3.35. The second-order valence-electron chi connectivity index (χ2n) is 6.08. The van der Waals surface area contributed by atoms with E-state index < -0.39 is 0 Å². The topological polar surface area (TPSA) is 38.0 Å². The quantitative estimate of drug-likeness (QED) is 0.867. The van der Waals surface area contributed by atoms with Crippen molar-refractivity contribution in [3.63, 3.8) is 0 Å². The van der Waals surface area contributed by atoms with E-state index in [2.05, 4.69) is 16.5 Å². The van der Waals surface area contributed by atoms with Gasteiger partial charge in [0.2, 0.25) is 0 Å². The Bertz CT molecular complexity index is 425. The minimum absolute atomic E-state index is 0.316. The molecule has 0 spiro atoms. The molecule has 1 aromatic heterocycles. The molecule has 1 aromatic rings. The molecule has 5 unspecified atom stereocenters. The van der Waals surface area contributed by atoms with Crippen molar-refractivity contribution in [1.82, 2.24) is 9.55 Å². The molecular weight excluding hydrogens is 212 g/mol. The van der Waals surface area contributed by atoms with Crippen molar-refractivity contribution in [2.45, 2.75) is 38.8 Å². The molecule has 2 bridgehead atoms. The number of rotatable bonds is 3. The van der Waals surface area contributed by atoms with Gasteiger partial charge in [-0.2, -0.15) is 0 Å². The summed E-state index contributed by atoms with van der Waals surface area (Å²) in [5, 5.41) is 10.5. The number of aliphatic hydroxyl groups excluding tert-OH is 1. The highest BCUT2D eigenvalue weighted by Gasteiger charge is 2.67. The first-order valence-corrected chi connectivity index (χ1v) is 7.00. The number of imidazole rings is 1. The third kappa shape index (κ3) is 1.23. The average Bonchev–Trinajstić information content (AvgIpc) is 2.78. The molecule has 3 heteroatoms. The number of aryl methyl sites for hydroxylation is 1. The molecule has 3 fully saturated rings. The zero-order valence-corrected chi connectivity index (χ0v) is 10.3. The normalized spacial score (nSPS) is 43.8. The lowest BCUT2D eigenvalue weighted by molar-refractivity contribution is 0.117. The van der Waals surface area contributed by atoms with Crippen LogP contribution in [-0.2, 0) is 6.54 Å². The lowest BCUT2D eigenvalue weighted by Gasteiger charge is -2.15. The molecule has 3 saturated carbocycles. The minimum Gasteiger partial charge on any atom is -0.385 e. The van der Waals surface area contributed by atoms with E-state index in [1.54, 1.807) is 0 Å². The van der Waals surface area contributed by atoms with Crippen LogP contribution >= 0.6 is 0 Å². The largest absolute Gasteiger partial charge is 0.385 e. The number of aliphatic hydroxyl groups is 1. The van der Waals surface area contributed by atoms with Crippen molar-refractivity contribution in [2.24, 2.45) is 29.6 Å². The molecule has 1 N–H and O–H groups in total. The summed E-state index contributed by atoms with van der Waals surface area (Å²) in [4.78, 5) is 4.36. The monoisotopic (exact) mass is 232 g/mol. The van der Waals surface area contributed by atoms with Gasteiger partial charge in [-0.15, -0.1) is 0 Å². The van der Waals surface area contributed by atoms with E-state index in [-0.39, 0.29) is 6.10 Å². The minimum atomic E-state index is -0.316. The maximum atomic E-state index is 10.5. The van der Waals surface area contributed by atoms with Crippen molar-refractivity contribution in [3.05, 3.63) is 18.2 Å². The summed E-state index contributed by atoms with van der Waals surface area (Å²) in [5.41, 5.74) is 0. The van der Waals surface area contributed by atoms with Crippen LogP contribution in [0, 0.1) is 29.6 Å². The van der Waals surface area contributed by atoms with E-state index in [9.17, 15) is 5.11 Å². The van der Waals surface area contributed by atoms with E-state index in [0.29, 0.717) is 5.92 Å². The number of aromatic nitrogens is 2. The van der Waals surface area contributed by atoms with Gasteiger partial charge in [-0.1, -0.05) is 0 Å². The summed E-state index contributed by atoms with van der Waals surface area (Å²) in [6.45, 7) is 3.01. The first-order chi connectivity index (χ1) is 8.31. The Morgan fingerprint density at radius 2 is 2.12 bits per heavy atom. The zero-order valence-electron chi connectivity index (χ0n) is 10.3. The van der Waals surface area contributed by atoms with Crippen LogP contribution < -0.4 is 0 Å². The van der Waals surface area contributed by atoms with Crippen LogP contribution in [0.25, 0.3) is 0 Å². The van der Waals surface area contributed by atoms with Crippen LogP contribution in [0.2, 0.25) is 0 Å². The van der Waals surface area contributed by atoms with E-state index in [1.165, 1.54) is 19.3 Å². The maximum Gasteiger partial charge on any atom is 0.137 e. The van der Waals surface area contributed by atoms with Gasteiger partial charge in [0.15, 0.2) is 0 Å². The van der Waals surface area contributed by atoms with Gasteiger partial charge in [0.05, 0.1) is 0 Å². The standard InChI is InChI=1S/C14H20N2O/c1-2-16-6-5-15-14(16)13(17)12-10-8-3-4-9(7-8)11(10)12/h5-6,8-13,17H,2-4,7H2,1H3. The van der Waals surface area contributed by atoms with Crippen molar-refractivity contribution in [3.8, 4) is 0 Å². The second-order valence-corrected chi connectivity index (χ2v) is 6.08. The van der Waals surface area contributed by atoms with Gasteiger partial charge >= 0.3 is 0 Å². The molecule has 0 saturated heterocycles. The molecule has 0 radical (unpaired) electrons. The van der Waals surface area contributed by atoms with E-state index in [4.69, 9.17) is 0 Å². The zero-order chi connectivity index (χ0) is 11.6. The SMILES string of the molecule is CCn1ccnc1C(O)C1C2C3CCC(C3)C21. The Kier molecular flexibility index (Phi) is 1.99. The van der Waals surface area contributed by atoms with Crippen LogP contribution in [0.1, 0.15) is 38.1 Å². The van der Waals surface area contributed by atoms with Crippen molar-refractivity contribution in [1.29, 1.82) is 0 Å². The summed E-state index contributed by atoms with van der Waals surface area (Å²) in [6.07, 6.45) is 7.75. The molecule has 3 aliphatic rings. The summed E-state index contributed by atoms with van der Waals surface area (Å²) in [7, 11) is 0. The summed E-state index contributed by atoms with van der Waals surface area (Å²) in [5.74, 6) is 4.92. The van der Waals surface area contributed by atoms with Gasteiger partial charge in [0, 0.05) is 18.9 Å². The Hall–Kier alpha value is -0.830. The summed E-state index contributed by atoms with van der Waals surface area (Å²) < 4.78 is 2.08. The predicted molar refractivity (Wildman–Crippen MR) is 64.2 cm³/mol. The summed E-state index contributed by atoms with van der Waals surface area (Å²) in [6, 6.07) is 0. The van der Waals surface area contributed by atoms with Crippen molar-refractivity contribution >= 4 is 0 Å². The molecule has 3 aliphatic carbocycles. The molecule has 4 rings (SSSR count). The van der Waals surface area contributed by atoms with Crippen LogP contribution in [0.15, 0.2) is 12.4 Å².